The Labute approximate surface area is 203 Å². The summed E-state index contributed by atoms with van der Waals surface area (Å²) in [7, 11) is 0. The van der Waals surface area contributed by atoms with Crippen molar-refractivity contribution >= 4 is 23.3 Å². The standard InChI is InChI=1S/C25H31FN4O5/c1-6-33-23(31)20-15-28-30-11-9-18(14-21(20)30)29-16(2)19-13-17(26)7-8-22(19)34-12-10-27-24(32)35-25(3,4)5/h7-9,11,13-16,29H,6,10,12H2,1-5H3,(H,27,32)/t16-/m1/s1. The number of ether oxygens (including phenoxy) is 3. The van der Waals surface area contributed by atoms with Crippen molar-refractivity contribution in [1.82, 2.24) is 14.9 Å². The van der Waals surface area contributed by atoms with Crippen LogP contribution in [0.1, 0.15) is 56.6 Å². The summed E-state index contributed by atoms with van der Waals surface area (Å²) in [6.07, 6.45) is 2.65. The number of nitrogens with one attached hydrogen (secondary N) is 2. The van der Waals surface area contributed by atoms with Gasteiger partial charge in [-0.1, -0.05) is 0 Å². The Morgan fingerprint density at radius 1 is 1.20 bits per heavy atom. The highest BCUT2D eigenvalue weighted by Gasteiger charge is 2.18. The molecule has 1 aromatic carbocycles. The molecule has 0 spiro atoms. The van der Waals surface area contributed by atoms with Crippen LogP contribution < -0.4 is 15.4 Å². The van der Waals surface area contributed by atoms with Gasteiger partial charge in [0.1, 0.15) is 29.3 Å². The highest BCUT2D eigenvalue weighted by atomic mass is 19.1. The molecule has 0 fully saturated rings. The Morgan fingerprint density at radius 2 is 1.97 bits per heavy atom. The number of aromatic nitrogens is 2. The molecule has 35 heavy (non-hydrogen) atoms. The summed E-state index contributed by atoms with van der Waals surface area (Å²) in [4.78, 5) is 24.0. The maximum atomic E-state index is 14.1. The molecule has 0 unspecified atom stereocenters. The lowest BCUT2D eigenvalue weighted by Gasteiger charge is -2.21. The van der Waals surface area contributed by atoms with Gasteiger partial charge in [0.15, 0.2) is 0 Å². The van der Waals surface area contributed by atoms with Gasteiger partial charge in [-0.05, 0) is 65.0 Å². The SMILES string of the molecule is CCOC(=O)c1cnn2ccc(N[C@H](C)c3cc(F)ccc3OCCNC(=O)OC(C)(C)C)cc12. The number of esters is 1. The van der Waals surface area contributed by atoms with E-state index in [9.17, 15) is 14.0 Å². The average Bonchev–Trinajstić information content (AvgIpc) is 3.20. The lowest BCUT2D eigenvalue weighted by molar-refractivity contribution is 0.0513. The number of rotatable bonds is 9. The van der Waals surface area contributed by atoms with Crippen LogP contribution in [0.5, 0.6) is 5.75 Å². The maximum Gasteiger partial charge on any atom is 0.407 e. The predicted molar refractivity (Wildman–Crippen MR) is 129 cm³/mol. The van der Waals surface area contributed by atoms with Gasteiger partial charge in [0.05, 0.1) is 30.9 Å². The maximum absolute atomic E-state index is 14.1. The zero-order valence-electron chi connectivity index (χ0n) is 20.6. The second kappa shape index (κ2) is 11.1. The van der Waals surface area contributed by atoms with E-state index in [1.54, 1.807) is 56.6 Å². The van der Waals surface area contributed by atoms with Gasteiger partial charge in [-0.2, -0.15) is 5.10 Å². The molecular formula is C25H31FN4O5. The third-order valence-corrected chi connectivity index (χ3v) is 4.87. The third-order valence-electron chi connectivity index (χ3n) is 4.87. The third kappa shape index (κ3) is 7.08. The number of hydrogen-bond acceptors (Lipinski definition) is 7. The molecule has 1 amide bonds. The van der Waals surface area contributed by atoms with E-state index >= 15 is 0 Å². The normalized spacial score (nSPS) is 12.2. The zero-order chi connectivity index (χ0) is 25.6. The zero-order valence-corrected chi connectivity index (χ0v) is 20.6. The van der Waals surface area contributed by atoms with Crippen LogP contribution in [0.3, 0.4) is 0 Å². The molecule has 2 N–H and O–H groups in total. The molecule has 2 aromatic heterocycles. The number of carbonyl (C=O) groups is 2. The lowest BCUT2D eigenvalue weighted by atomic mass is 10.1. The van der Waals surface area contributed by atoms with Crippen LogP contribution in [-0.2, 0) is 9.47 Å². The lowest BCUT2D eigenvalue weighted by Crippen LogP contribution is -2.34. The number of benzene rings is 1. The van der Waals surface area contributed by atoms with Crippen LogP contribution in [0.25, 0.3) is 5.52 Å². The number of carbonyl (C=O) groups excluding carboxylic acids is 2. The monoisotopic (exact) mass is 486 g/mol. The fourth-order valence-corrected chi connectivity index (χ4v) is 3.38. The summed E-state index contributed by atoms with van der Waals surface area (Å²) in [5.74, 6) is -0.368. The first-order valence-electron chi connectivity index (χ1n) is 11.4. The highest BCUT2D eigenvalue weighted by Crippen LogP contribution is 2.29. The number of amides is 1. The fourth-order valence-electron chi connectivity index (χ4n) is 3.38. The van der Waals surface area contributed by atoms with E-state index in [1.165, 1.54) is 18.3 Å². The molecule has 0 aliphatic rings. The van der Waals surface area contributed by atoms with E-state index in [1.807, 2.05) is 6.92 Å². The average molecular weight is 487 g/mol. The van der Waals surface area contributed by atoms with E-state index in [2.05, 4.69) is 15.7 Å². The Bertz CT molecular complexity index is 1190. The quantitative estimate of drug-likeness (QED) is 0.333. The first-order valence-corrected chi connectivity index (χ1v) is 11.4. The molecule has 1 atom stereocenters. The van der Waals surface area contributed by atoms with Gasteiger partial charge in [-0.15, -0.1) is 0 Å². The first-order chi connectivity index (χ1) is 16.6. The van der Waals surface area contributed by atoms with Crippen LogP contribution in [0.4, 0.5) is 14.9 Å². The van der Waals surface area contributed by atoms with Gasteiger partial charge in [-0.3, -0.25) is 0 Å². The van der Waals surface area contributed by atoms with Crippen LogP contribution in [0, 0.1) is 5.82 Å². The van der Waals surface area contributed by atoms with Gasteiger partial charge in [0.2, 0.25) is 0 Å². The molecule has 3 rings (SSSR count). The van der Waals surface area contributed by atoms with Crippen molar-refractivity contribution in [3.05, 3.63) is 59.7 Å². The van der Waals surface area contributed by atoms with Crippen molar-refractivity contribution in [2.24, 2.45) is 0 Å². The second-order valence-electron chi connectivity index (χ2n) is 8.85. The van der Waals surface area contributed by atoms with Gasteiger partial charge in [0, 0.05) is 17.4 Å². The van der Waals surface area contributed by atoms with Crippen LogP contribution in [0.2, 0.25) is 0 Å². The Balaban J connectivity index is 1.69. The van der Waals surface area contributed by atoms with E-state index in [0.29, 0.717) is 28.1 Å². The topological polar surface area (TPSA) is 103 Å². The van der Waals surface area contributed by atoms with Crippen LogP contribution >= 0.6 is 0 Å². The summed E-state index contributed by atoms with van der Waals surface area (Å²) in [5, 5.41) is 10.1. The van der Waals surface area contributed by atoms with Gasteiger partial charge < -0.3 is 24.8 Å². The molecule has 188 valence electrons. The number of pyridine rings is 1. The summed E-state index contributed by atoms with van der Waals surface area (Å²) in [6.45, 7) is 9.62. The number of hydrogen-bond donors (Lipinski definition) is 2. The molecule has 10 heteroatoms. The molecule has 0 aliphatic heterocycles. The number of anilines is 1. The minimum Gasteiger partial charge on any atom is -0.491 e. The highest BCUT2D eigenvalue weighted by molar-refractivity contribution is 5.97. The van der Waals surface area contributed by atoms with E-state index in [4.69, 9.17) is 14.2 Å². The smallest absolute Gasteiger partial charge is 0.407 e. The summed E-state index contributed by atoms with van der Waals surface area (Å²) in [6, 6.07) is 7.51. The number of halogens is 1. The van der Waals surface area contributed by atoms with E-state index < -0.39 is 23.5 Å². The minimum atomic E-state index is -0.590. The van der Waals surface area contributed by atoms with E-state index in [-0.39, 0.29) is 25.8 Å². The van der Waals surface area contributed by atoms with Crippen molar-refractivity contribution in [3.8, 4) is 5.75 Å². The number of nitrogens with zero attached hydrogens (tertiary/aromatic N) is 2. The second-order valence-corrected chi connectivity index (χ2v) is 8.85. The fraction of sp³-hybridized carbons (Fsp3) is 0.400. The number of fused-ring (bicyclic) bond motifs is 1. The summed E-state index contributed by atoms with van der Waals surface area (Å²) < 4.78 is 31.7. The van der Waals surface area contributed by atoms with Crippen molar-refractivity contribution in [3.63, 3.8) is 0 Å². The summed E-state index contributed by atoms with van der Waals surface area (Å²) >= 11 is 0. The largest absolute Gasteiger partial charge is 0.491 e. The molecule has 0 saturated heterocycles. The molecule has 9 nitrogen and oxygen atoms in total. The minimum absolute atomic E-state index is 0.176. The van der Waals surface area contributed by atoms with Gasteiger partial charge in [-0.25, -0.2) is 18.5 Å². The molecular weight excluding hydrogens is 455 g/mol. The van der Waals surface area contributed by atoms with Gasteiger partial charge >= 0.3 is 12.1 Å². The Hall–Kier alpha value is -3.82. The van der Waals surface area contributed by atoms with Crippen molar-refractivity contribution in [2.75, 3.05) is 25.1 Å². The van der Waals surface area contributed by atoms with Crippen molar-refractivity contribution in [2.45, 2.75) is 46.3 Å². The number of alkyl carbamates (subject to hydrolysis) is 1. The molecule has 3 aromatic rings. The predicted octanol–water partition coefficient (Wildman–Crippen LogP) is 4.73. The molecule has 0 aliphatic carbocycles. The first kappa shape index (κ1) is 25.8. The Kier molecular flexibility index (Phi) is 8.16. The van der Waals surface area contributed by atoms with Gasteiger partial charge in [0.25, 0.3) is 0 Å². The molecule has 0 radical (unpaired) electrons. The molecule has 0 bridgehead atoms. The summed E-state index contributed by atoms with van der Waals surface area (Å²) in [5.41, 5.74) is 1.66. The Morgan fingerprint density at radius 3 is 2.69 bits per heavy atom. The van der Waals surface area contributed by atoms with E-state index in [0.717, 1.165) is 0 Å². The molecule has 0 saturated carbocycles. The van der Waals surface area contributed by atoms with Crippen LogP contribution in [0.15, 0.2) is 42.7 Å². The van der Waals surface area contributed by atoms with Crippen molar-refractivity contribution < 1.29 is 28.2 Å². The van der Waals surface area contributed by atoms with Crippen LogP contribution in [-0.4, -0.2) is 47.0 Å². The van der Waals surface area contributed by atoms with Crippen molar-refractivity contribution in [1.29, 1.82) is 0 Å². The molecule has 2 heterocycles.